The number of nitrogens with one attached hydrogen (secondary N) is 2. The molecular formula is C28H34N4O3S. The Bertz CT molecular complexity index is 1110. The number of benzene rings is 2. The van der Waals surface area contributed by atoms with Crippen LogP contribution in [0.15, 0.2) is 72.1 Å². The van der Waals surface area contributed by atoms with Crippen molar-refractivity contribution in [3.05, 3.63) is 88.1 Å². The first-order chi connectivity index (χ1) is 17.5. The van der Waals surface area contributed by atoms with Gasteiger partial charge in [-0.1, -0.05) is 54.6 Å². The number of nitrogens with zero attached hydrogens (tertiary/aromatic N) is 2. The van der Waals surface area contributed by atoms with E-state index in [0.717, 1.165) is 38.3 Å². The molecule has 2 aromatic carbocycles. The van der Waals surface area contributed by atoms with Gasteiger partial charge in [-0.15, -0.1) is 11.3 Å². The molecule has 8 heteroatoms. The predicted octanol–water partition coefficient (Wildman–Crippen LogP) is 3.44. The lowest BCUT2D eigenvalue weighted by atomic mass is 10.0. The van der Waals surface area contributed by atoms with Crippen molar-refractivity contribution in [2.75, 3.05) is 33.3 Å². The average Bonchev–Trinajstić information content (AvgIpc) is 3.43. The lowest BCUT2D eigenvalue weighted by molar-refractivity contribution is -0.140. The van der Waals surface area contributed by atoms with Gasteiger partial charge in [0, 0.05) is 55.8 Å². The first-order valence-corrected chi connectivity index (χ1v) is 13.2. The Hall–Kier alpha value is -3.20. The second-order valence-electron chi connectivity index (χ2n) is 9.01. The number of thiophene rings is 1. The van der Waals surface area contributed by atoms with E-state index in [1.165, 1.54) is 10.4 Å². The second kappa shape index (κ2) is 12.7. The molecule has 36 heavy (non-hydrogen) atoms. The van der Waals surface area contributed by atoms with Gasteiger partial charge in [-0.3, -0.25) is 19.4 Å². The molecule has 2 N–H and O–H groups in total. The summed E-state index contributed by atoms with van der Waals surface area (Å²) in [5.41, 5.74) is 2.14. The molecule has 0 aliphatic carbocycles. The van der Waals surface area contributed by atoms with Crippen molar-refractivity contribution in [3.8, 4) is 5.75 Å². The summed E-state index contributed by atoms with van der Waals surface area (Å²) in [5, 5.41) is 7.72. The zero-order chi connectivity index (χ0) is 25.3. The Morgan fingerprint density at radius 2 is 1.67 bits per heavy atom. The molecule has 1 aliphatic rings. The monoisotopic (exact) mass is 506 g/mol. The van der Waals surface area contributed by atoms with Gasteiger partial charge >= 0.3 is 11.8 Å². The maximum absolute atomic E-state index is 12.8. The third-order valence-corrected chi connectivity index (χ3v) is 7.50. The first-order valence-electron chi connectivity index (χ1n) is 12.3. The van der Waals surface area contributed by atoms with Crippen molar-refractivity contribution >= 4 is 23.2 Å². The van der Waals surface area contributed by atoms with Crippen molar-refractivity contribution in [3.63, 3.8) is 0 Å². The zero-order valence-corrected chi connectivity index (χ0v) is 21.7. The summed E-state index contributed by atoms with van der Waals surface area (Å²) < 4.78 is 5.32. The smallest absolute Gasteiger partial charge is 0.309 e. The zero-order valence-electron chi connectivity index (χ0n) is 20.9. The summed E-state index contributed by atoms with van der Waals surface area (Å²) in [7, 11) is 1.58. The standard InChI is InChI=1S/C28H34N4O3S/c1-21(30-28(34)27(33)29-19-23-11-6-7-12-24(23)35-2)26(25-13-8-18-36-25)32-16-14-31(15-17-32)20-22-9-4-3-5-10-22/h3-13,18,21,26H,14-17,19-20H2,1-2H3,(H,29,33)(H,30,34)/t21-,26+/m1/s1. The van der Waals surface area contributed by atoms with E-state index in [0.29, 0.717) is 5.75 Å². The number of piperazine rings is 1. The molecule has 0 radical (unpaired) electrons. The van der Waals surface area contributed by atoms with Crippen LogP contribution in [0.4, 0.5) is 0 Å². The maximum Gasteiger partial charge on any atom is 0.309 e. The number of para-hydroxylation sites is 1. The van der Waals surface area contributed by atoms with Gasteiger partial charge in [0.05, 0.1) is 13.2 Å². The molecule has 1 aliphatic heterocycles. The Labute approximate surface area is 217 Å². The highest BCUT2D eigenvalue weighted by Crippen LogP contribution is 2.29. The van der Waals surface area contributed by atoms with Crippen molar-refractivity contribution < 1.29 is 14.3 Å². The van der Waals surface area contributed by atoms with Gasteiger partial charge in [-0.05, 0) is 30.0 Å². The molecular weight excluding hydrogens is 472 g/mol. The Balaban J connectivity index is 1.34. The SMILES string of the molecule is COc1ccccc1CNC(=O)C(=O)N[C@H](C)[C@@H](c1cccs1)N1CCN(Cc2ccccc2)CC1. The molecule has 1 saturated heterocycles. The van der Waals surface area contributed by atoms with E-state index < -0.39 is 11.8 Å². The van der Waals surface area contributed by atoms with Crippen LogP contribution in [0.2, 0.25) is 0 Å². The van der Waals surface area contributed by atoms with Crippen LogP contribution in [0.25, 0.3) is 0 Å². The van der Waals surface area contributed by atoms with Crippen LogP contribution < -0.4 is 15.4 Å². The van der Waals surface area contributed by atoms with E-state index in [9.17, 15) is 9.59 Å². The van der Waals surface area contributed by atoms with Crippen molar-refractivity contribution in [2.45, 2.75) is 32.1 Å². The van der Waals surface area contributed by atoms with Gasteiger partial charge < -0.3 is 15.4 Å². The summed E-state index contributed by atoms with van der Waals surface area (Å²) in [6, 6.07) is 21.9. The van der Waals surface area contributed by atoms with E-state index in [1.807, 2.05) is 43.3 Å². The fourth-order valence-corrected chi connectivity index (χ4v) is 5.66. The van der Waals surface area contributed by atoms with Gasteiger partial charge in [0.25, 0.3) is 0 Å². The quantitative estimate of drug-likeness (QED) is 0.435. The highest BCUT2D eigenvalue weighted by Gasteiger charge is 2.31. The van der Waals surface area contributed by atoms with E-state index in [2.05, 4.69) is 56.1 Å². The molecule has 1 fully saturated rings. The van der Waals surface area contributed by atoms with E-state index in [4.69, 9.17) is 4.74 Å². The van der Waals surface area contributed by atoms with Gasteiger partial charge in [0.15, 0.2) is 0 Å². The lowest BCUT2D eigenvalue weighted by Crippen LogP contribution is -2.53. The van der Waals surface area contributed by atoms with Crippen LogP contribution in [0.3, 0.4) is 0 Å². The molecule has 0 spiro atoms. The molecule has 7 nitrogen and oxygen atoms in total. The van der Waals surface area contributed by atoms with Crippen LogP contribution in [0, 0.1) is 0 Å². The molecule has 2 heterocycles. The predicted molar refractivity (Wildman–Crippen MR) is 143 cm³/mol. The number of carbonyl (C=O) groups excluding carboxylic acids is 2. The van der Waals surface area contributed by atoms with Crippen LogP contribution in [-0.2, 0) is 22.7 Å². The van der Waals surface area contributed by atoms with Gasteiger partial charge in [0.2, 0.25) is 0 Å². The maximum atomic E-state index is 12.8. The topological polar surface area (TPSA) is 73.9 Å². The van der Waals surface area contributed by atoms with Crippen molar-refractivity contribution in [1.82, 2.24) is 20.4 Å². The fourth-order valence-electron chi connectivity index (χ4n) is 4.70. The summed E-state index contributed by atoms with van der Waals surface area (Å²) in [4.78, 5) is 31.4. The van der Waals surface area contributed by atoms with E-state index in [1.54, 1.807) is 18.4 Å². The number of hydrogen-bond acceptors (Lipinski definition) is 6. The first kappa shape index (κ1) is 25.9. The highest BCUT2D eigenvalue weighted by atomic mass is 32.1. The van der Waals surface area contributed by atoms with Crippen LogP contribution in [-0.4, -0.2) is 60.9 Å². The molecule has 4 rings (SSSR count). The largest absolute Gasteiger partial charge is 0.496 e. The third-order valence-electron chi connectivity index (χ3n) is 6.55. The summed E-state index contributed by atoms with van der Waals surface area (Å²) in [5.74, 6) is -0.595. The fraction of sp³-hybridized carbons (Fsp3) is 0.357. The number of amides is 2. The number of ether oxygens (including phenoxy) is 1. The van der Waals surface area contributed by atoms with Crippen LogP contribution >= 0.6 is 11.3 Å². The number of hydrogen-bond donors (Lipinski definition) is 2. The normalized spacial score (nSPS) is 16.2. The number of methoxy groups -OCH3 is 1. The highest BCUT2D eigenvalue weighted by molar-refractivity contribution is 7.10. The molecule has 190 valence electrons. The van der Waals surface area contributed by atoms with Crippen LogP contribution in [0.1, 0.15) is 29.0 Å². The molecule has 0 bridgehead atoms. The summed E-state index contributed by atoms with van der Waals surface area (Å²) in [6.07, 6.45) is 0. The lowest BCUT2D eigenvalue weighted by Gasteiger charge is -2.41. The molecule has 0 saturated carbocycles. The van der Waals surface area contributed by atoms with Crippen LogP contribution in [0.5, 0.6) is 5.75 Å². The Morgan fingerprint density at radius 3 is 2.36 bits per heavy atom. The third kappa shape index (κ3) is 6.72. The molecule has 2 amide bonds. The number of rotatable bonds is 9. The number of carbonyl (C=O) groups is 2. The molecule has 1 aromatic heterocycles. The minimum absolute atomic E-state index is 0.00911. The minimum atomic E-state index is -0.648. The molecule has 3 aromatic rings. The van der Waals surface area contributed by atoms with Gasteiger partial charge in [-0.25, -0.2) is 0 Å². The van der Waals surface area contributed by atoms with E-state index in [-0.39, 0.29) is 18.6 Å². The average molecular weight is 507 g/mol. The minimum Gasteiger partial charge on any atom is -0.496 e. The van der Waals surface area contributed by atoms with Crippen molar-refractivity contribution in [1.29, 1.82) is 0 Å². The molecule has 2 atom stereocenters. The second-order valence-corrected chi connectivity index (χ2v) is 9.99. The Morgan fingerprint density at radius 1 is 0.944 bits per heavy atom. The van der Waals surface area contributed by atoms with E-state index >= 15 is 0 Å². The Kier molecular flexibility index (Phi) is 9.11. The molecule has 0 unspecified atom stereocenters. The van der Waals surface area contributed by atoms with Gasteiger partial charge in [0.1, 0.15) is 5.75 Å². The summed E-state index contributed by atoms with van der Waals surface area (Å²) >= 11 is 1.68. The van der Waals surface area contributed by atoms with Crippen molar-refractivity contribution in [2.24, 2.45) is 0 Å². The van der Waals surface area contributed by atoms with Gasteiger partial charge in [-0.2, -0.15) is 0 Å². The summed E-state index contributed by atoms with van der Waals surface area (Å²) in [6.45, 7) is 6.85.